The third kappa shape index (κ3) is 2.20. The average Bonchev–Trinajstić information content (AvgIpc) is 2.59. The molecule has 1 heterocycles. The Kier molecular flexibility index (Phi) is 3.05. The minimum Gasteiger partial charge on any atom is -0.426 e. The third-order valence-corrected chi connectivity index (χ3v) is 2.82. The minimum absolute atomic E-state index is 0.118. The molecule has 0 saturated carbocycles. The van der Waals surface area contributed by atoms with E-state index < -0.39 is 0 Å². The van der Waals surface area contributed by atoms with E-state index in [1.165, 1.54) is 24.8 Å². The molecule has 1 aromatic carbocycles. The lowest BCUT2D eigenvalue weighted by Gasteiger charge is -2.05. The molecule has 2 rings (SSSR count). The maximum absolute atomic E-state index is 11.2. The predicted molar refractivity (Wildman–Crippen MR) is 59.0 cm³/mol. The van der Waals surface area contributed by atoms with E-state index in [-0.39, 0.29) is 5.97 Å². The summed E-state index contributed by atoms with van der Waals surface area (Å²) in [5, 5.41) is 0. The lowest BCUT2D eigenvalue weighted by molar-refractivity contribution is -0.131. The molecule has 0 radical (unpaired) electrons. The van der Waals surface area contributed by atoms with Crippen LogP contribution in [0.25, 0.3) is 0 Å². The van der Waals surface area contributed by atoms with E-state index >= 15 is 0 Å². The molecule has 1 aliphatic heterocycles. The Labute approximate surface area is 90.3 Å². The van der Waals surface area contributed by atoms with Crippen molar-refractivity contribution in [1.29, 1.82) is 0 Å². The average molecular weight is 204 g/mol. The molecule has 0 N–H and O–H groups in total. The van der Waals surface area contributed by atoms with Gasteiger partial charge < -0.3 is 4.74 Å². The molecule has 1 aliphatic rings. The fraction of sp³-hybridized carbons (Fsp3) is 0.462. The van der Waals surface area contributed by atoms with Gasteiger partial charge in [0.25, 0.3) is 0 Å². The van der Waals surface area contributed by atoms with Gasteiger partial charge in [0.2, 0.25) is 0 Å². The molecule has 1 aromatic rings. The molecular formula is C13H16O2. The van der Waals surface area contributed by atoms with Crippen LogP contribution in [0.3, 0.4) is 0 Å². The molecule has 0 atom stereocenters. The number of unbranched alkanes of at least 4 members (excludes halogenated alkanes) is 2. The number of carbonyl (C=O) groups excluding carboxylic acids is 1. The maximum Gasteiger partial charge on any atom is 0.315 e. The van der Waals surface area contributed by atoms with Crippen molar-refractivity contribution in [2.45, 2.75) is 39.0 Å². The summed E-state index contributed by atoms with van der Waals surface area (Å²) in [4.78, 5) is 11.2. The van der Waals surface area contributed by atoms with Gasteiger partial charge in [-0.25, -0.2) is 0 Å². The van der Waals surface area contributed by atoms with E-state index in [9.17, 15) is 4.79 Å². The Morgan fingerprint density at radius 3 is 3.00 bits per heavy atom. The Balaban J connectivity index is 2.12. The van der Waals surface area contributed by atoms with Crippen LogP contribution in [-0.4, -0.2) is 5.97 Å². The van der Waals surface area contributed by atoms with Crippen LogP contribution in [-0.2, 0) is 17.6 Å². The van der Waals surface area contributed by atoms with Crippen molar-refractivity contribution in [3.8, 4) is 5.75 Å². The minimum atomic E-state index is -0.118. The van der Waals surface area contributed by atoms with Crippen LogP contribution in [0.15, 0.2) is 18.2 Å². The Hall–Kier alpha value is -1.31. The maximum atomic E-state index is 11.2. The summed E-state index contributed by atoms with van der Waals surface area (Å²) in [6, 6.07) is 5.96. The smallest absolute Gasteiger partial charge is 0.315 e. The highest BCUT2D eigenvalue weighted by Crippen LogP contribution is 2.29. The largest absolute Gasteiger partial charge is 0.426 e. The Morgan fingerprint density at radius 1 is 1.33 bits per heavy atom. The first-order valence-electron chi connectivity index (χ1n) is 5.62. The number of fused-ring (bicyclic) bond motifs is 1. The van der Waals surface area contributed by atoms with E-state index in [0.29, 0.717) is 6.42 Å². The zero-order valence-electron chi connectivity index (χ0n) is 9.08. The zero-order chi connectivity index (χ0) is 10.7. The topological polar surface area (TPSA) is 26.3 Å². The second-order valence-corrected chi connectivity index (χ2v) is 4.00. The Morgan fingerprint density at radius 2 is 2.20 bits per heavy atom. The molecule has 0 fully saturated rings. The van der Waals surface area contributed by atoms with Crippen molar-refractivity contribution < 1.29 is 9.53 Å². The molecule has 0 bridgehead atoms. The number of hydrogen-bond donors (Lipinski definition) is 0. The van der Waals surface area contributed by atoms with Gasteiger partial charge >= 0.3 is 5.97 Å². The SMILES string of the molecule is CCCCCc1cccc2c1CC(=O)O2. The molecule has 0 aliphatic carbocycles. The number of rotatable bonds is 4. The zero-order valence-corrected chi connectivity index (χ0v) is 9.08. The van der Waals surface area contributed by atoms with Crippen LogP contribution < -0.4 is 4.74 Å². The molecule has 0 spiro atoms. The van der Waals surface area contributed by atoms with Gasteiger partial charge in [0.15, 0.2) is 0 Å². The van der Waals surface area contributed by atoms with Gasteiger partial charge in [-0.2, -0.15) is 0 Å². The van der Waals surface area contributed by atoms with Crippen LogP contribution in [0, 0.1) is 0 Å². The van der Waals surface area contributed by atoms with Gasteiger partial charge in [0.05, 0.1) is 6.42 Å². The van der Waals surface area contributed by atoms with Gasteiger partial charge in [0.1, 0.15) is 5.75 Å². The highest BCUT2D eigenvalue weighted by molar-refractivity contribution is 5.81. The van der Waals surface area contributed by atoms with E-state index in [0.717, 1.165) is 17.7 Å². The second kappa shape index (κ2) is 4.47. The lowest BCUT2D eigenvalue weighted by Crippen LogP contribution is -2.00. The summed E-state index contributed by atoms with van der Waals surface area (Å²) in [6.45, 7) is 2.20. The summed E-state index contributed by atoms with van der Waals surface area (Å²) in [5.74, 6) is 0.655. The van der Waals surface area contributed by atoms with Crippen LogP contribution in [0.2, 0.25) is 0 Å². The van der Waals surface area contributed by atoms with Crippen molar-refractivity contribution in [2.24, 2.45) is 0 Å². The van der Waals surface area contributed by atoms with Crippen LogP contribution >= 0.6 is 0 Å². The Bertz CT molecular complexity index is 369. The van der Waals surface area contributed by atoms with Gasteiger partial charge in [-0.3, -0.25) is 4.79 Å². The van der Waals surface area contributed by atoms with Crippen molar-refractivity contribution in [1.82, 2.24) is 0 Å². The van der Waals surface area contributed by atoms with Crippen molar-refractivity contribution in [3.05, 3.63) is 29.3 Å². The van der Waals surface area contributed by atoms with Gasteiger partial charge in [-0.15, -0.1) is 0 Å². The first-order chi connectivity index (χ1) is 7.31. The van der Waals surface area contributed by atoms with E-state index in [4.69, 9.17) is 4.74 Å². The summed E-state index contributed by atoms with van der Waals surface area (Å²) in [7, 11) is 0. The van der Waals surface area contributed by atoms with Crippen molar-refractivity contribution in [3.63, 3.8) is 0 Å². The van der Waals surface area contributed by atoms with Gasteiger partial charge in [0, 0.05) is 5.56 Å². The molecule has 2 heteroatoms. The third-order valence-electron chi connectivity index (χ3n) is 2.82. The molecule has 0 aromatic heterocycles. The van der Waals surface area contributed by atoms with Crippen molar-refractivity contribution in [2.75, 3.05) is 0 Å². The summed E-state index contributed by atoms with van der Waals surface area (Å²) in [5.41, 5.74) is 2.39. The van der Waals surface area contributed by atoms with E-state index in [1.807, 2.05) is 12.1 Å². The monoisotopic (exact) mass is 204 g/mol. The van der Waals surface area contributed by atoms with Crippen LogP contribution in [0.5, 0.6) is 5.75 Å². The number of benzene rings is 1. The molecule has 0 unspecified atom stereocenters. The number of ether oxygens (including phenoxy) is 1. The summed E-state index contributed by atoms with van der Waals surface area (Å²) < 4.78 is 5.11. The normalized spacial score (nSPS) is 13.8. The molecular weight excluding hydrogens is 188 g/mol. The van der Waals surface area contributed by atoms with Gasteiger partial charge in [-0.1, -0.05) is 31.9 Å². The second-order valence-electron chi connectivity index (χ2n) is 4.00. The lowest BCUT2D eigenvalue weighted by atomic mass is 9.99. The van der Waals surface area contributed by atoms with E-state index in [1.54, 1.807) is 0 Å². The fourth-order valence-corrected chi connectivity index (χ4v) is 2.01. The number of esters is 1. The van der Waals surface area contributed by atoms with Gasteiger partial charge in [-0.05, 0) is 24.5 Å². The van der Waals surface area contributed by atoms with E-state index in [2.05, 4.69) is 13.0 Å². The highest BCUT2D eigenvalue weighted by Gasteiger charge is 2.22. The molecule has 15 heavy (non-hydrogen) atoms. The predicted octanol–water partition coefficient (Wildman–Crippen LogP) is 2.88. The summed E-state index contributed by atoms with van der Waals surface area (Å²) in [6.07, 6.45) is 5.19. The quantitative estimate of drug-likeness (QED) is 0.428. The summed E-state index contributed by atoms with van der Waals surface area (Å²) >= 11 is 0. The molecule has 0 saturated heterocycles. The number of carbonyl (C=O) groups is 1. The highest BCUT2D eigenvalue weighted by atomic mass is 16.5. The first kappa shape index (κ1) is 10.2. The first-order valence-corrected chi connectivity index (χ1v) is 5.62. The van der Waals surface area contributed by atoms with Crippen LogP contribution in [0.1, 0.15) is 37.3 Å². The molecule has 80 valence electrons. The molecule has 0 amide bonds. The number of hydrogen-bond acceptors (Lipinski definition) is 2. The molecule has 2 nitrogen and oxygen atoms in total. The fourth-order valence-electron chi connectivity index (χ4n) is 2.01. The van der Waals surface area contributed by atoms with Crippen LogP contribution in [0.4, 0.5) is 0 Å². The number of aryl methyl sites for hydroxylation is 1. The van der Waals surface area contributed by atoms with Crippen molar-refractivity contribution >= 4 is 5.97 Å². The standard InChI is InChI=1S/C13H16O2/c1-2-3-4-6-10-7-5-8-12-11(10)9-13(14)15-12/h5,7-8H,2-4,6,9H2,1H3.